The maximum atomic E-state index is 12.8. The summed E-state index contributed by atoms with van der Waals surface area (Å²) in [5.41, 5.74) is 6.95. The van der Waals surface area contributed by atoms with Crippen LogP contribution in [-0.2, 0) is 10.0 Å². The lowest BCUT2D eigenvalue weighted by molar-refractivity contribution is 0.427. The molecule has 0 radical (unpaired) electrons. The Hall–Kier alpha value is -1.41. The van der Waals surface area contributed by atoms with Crippen molar-refractivity contribution in [1.29, 1.82) is 0 Å². The molecule has 24 heavy (non-hydrogen) atoms. The fourth-order valence-corrected chi connectivity index (χ4v) is 5.24. The van der Waals surface area contributed by atoms with E-state index in [1.807, 2.05) is 30.3 Å². The van der Waals surface area contributed by atoms with Gasteiger partial charge in [0.15, 0.2) is 0 Å². The molecule has 1 saturated carbocycles. The molecule has 2 heterocycles. The highest BCUT2D eigenvalue weighted by Crippen LogP contribution is 2.39. The van der Waals surface area contributed by atoms with Gasteiger partial charge in [0.1, 0.15) is 4.90 Å². The van der Waals surface area contributed by atoms with Gasteiger partial charge in [0.2, 0.25) is 10.0 Å². The summed E-state index contributed by atoms with van der Waals surface area (Å²) in [7, 11) is -3.50. The molecule has 6 nitrogen and oxygen atoms in total. The number of nitrogens with zero attached hydrogens (tertiary/aromatic N) is 3. The van der Waals surface area contributed by atoms with Crippen molar-refractivity contribution in [3.05, 3.63) is 42.7 Å². The first kappa shape index (κ1) is 17.4. The Morgan fingerprint density at radius 1 is 1.12 bits per heavy atom. The lowest BCUT2D eigenvalue weighted by Gasteiger charge is -2.17. The second-order valence-electron chi connectivity index (χ2n) is 6.44. The van der Waals surface area contributed by atoms with E-state index in [1.54, 1.807) is 15.2 Å². The van der Waals surface area contributed by atoms with Crippen molar-refractivity contribution in [2.45, 2.75) is 23.8 Å². The van der Waals surface area contributed by atoms with Gasteiger partial charge in [-0.1, -0.05) is 18.2 Å². The highest BCUT2D eigenvalue weighted by atomic mass is 35.5. The maximum Gasteiger partial charge on any atom is 0.246 e. The molecule has 130 valence electrons. The number of hydrogen-bond acceptors (Lipinski definition) is 4. The van der Waals surface area contributed by atoms with E-state index in [0.29, 0.717) is 24.9 Å². The first-order chi connectivity index (χ1) is 11.1. The predicted octanol–water partition coefficient (Wildman–Crippen LogP) is 1.65. The van der Waals surface area contributed by atoms with Gasteiger partial charge in [-0.25, -0.2) is 13.1 Å². The average Bonchev–Trinajstić information content (AvgIpc) is 3.26. The third-order valence-corrected chi connectivity index (χ3v) is 6.88. The van der Waals surface area contributed by atoms with E-state index < -0.39 is 10.0 Å². The number of hydrogen-bond donors (Lipinski definition) is 1. The van der Waals surface area contributed by atoms with E-state index in [9.17, 15) is 8.42 Å². The molecular formula is C16H21ClN4O2S. The van der Waals surface area contributed by atoms with Gasteiger partial charge in [-0.05, 0) is 36.8 Å². The average molecular weight is 369 g/mol. The summed E-state index contributed by atoms with van der Waals surface area (Å²) in [4.78, 5) is 0.245. The molecule has 4 rings (SSSR count). The molecule has 2 N–H and O–H groups in total. The minimum atomic E-state index is -3.50. The Bertz CT molecular complexity index is 808. The van der Waals surface area contributed by atoms with E-state index in [2.05, 4.69) is 5.10 Å². The molecule has 0 spiro atoms. The number of halogens is 1. The van der Waals surface area contributed by atoms with Crippen molar-refractivity contribution in [1.82, 2.24) is 14.1 Å². The summed E-state index contributed by atoms with van der Waals surface area (Å²) in [5, 5.41) is 4.20. The SMILES string of the molecule is Cl.NC1CCC2CN(S(=O)(=O)c3cnn(-c4ccccc4)c3)CC12. The van der Waals surface area contributed by atoms with Crippen LogP contribution in [0.2, 0.25) is 0 Å². The Labute approximate surface area is 148 Å². The molecular weight excluding hydrogens is 348 g/mol. The van der Waals surface area contributed by atoms with E-state index in [0.717, 1.165) is 18.5 Å². The van der Waals surface area contributed by atoms with Crippen molar-refractivity contribution in [3.8, 4) is 5.69 Å². The van der Waals surface area contributed by atoms with E-state index >= 15 is 0 Å². The zero-order valence-electron chi connectivity index (χ0n) is 13.2. The molecule has 3 atom stereocenters. The highest BCUT2D eigenvalue weighted by Gasteiger charge is 2.45. The van der Waals surface area contributed by atoms with E-state index in [1.165, 1.54) is 6.20 Å². The van der Waals surface area contributed by atoms with Gasteiger partial charge in [-0.15, -0.1) is 12.4 Å². The van der Waals surface area contributed by atoms with Gasteiger partial charge >= 0.3 is 0 Å². The van der Waals surface area contributed by atoms with Crippen LogP contribution in [0.3, 0.4) is 0 Å². The second kappa shape index (κ2) is 6.48. The standard InChI is InChI=1S/C16H20N4O2S.ClH/c17-16-7-6-12-9-19(11-15(12)16)23(21,22)14-8-18-20(10-14)13-4-2-1-3-5-13;/h1-5,8,10,12,15-16H,6-7,9,11,17H2;1H. The van der Waals surface area contributed by atoms with Crippen LogP contribution in [0.4, 0.5) is 0 Å². The number of nitrogens with two attached hydrogens (primary N) is 1. The molecule has 2 fully saturated rings. The van der Waals surface area contributed by atoms with Crippen LogP contribution in [-0.4, -0.2) is 41.6 Å². The molecule has 2 aliphatic rings. The quantitative estimate of drug-likeness (QED) is 0.893. The van der Waals surface area contributed by atoms with Crippen LogP contribution < -0.4 is 5.73 Å². The highest BCUT2D eigenvalue weighted by molar-refractivity contribution is 7.89. The van der Waals surface area contributed by atoms with Crippen molar-refractivity contribution in [2.24, 2.45) is 17.6 Å². The van der Waals surface area contributed by atoms with Gasteiger partial charge in [-0.3, -0.25) is 0 Å². The van der Waals surface area contributed by atoms with Gasteiger partial charge < -0.3 is 5.73 Å². The molecule has 1 aliphatic heterocycles. The second-order valence-corrected chi connectivity index (χ2v) is 8.38. The van der Waals surface area contributed by atoms with Crippen LogP contribution >= 0.6 is 12.4 Å². The van der Waals surface area contributed by atoms with Crippen molar-refractivity contribution in [2.75, 3.05) is 13.1 Å². The Morgan fingerprint density at radius 3 is 2.58 bits per heavy atom. The Balaban J connectivity index is 0.00000169. The maximum absolute atomic E-state index is 12.8. The topological polar surface area (TPSA) is 81.2 Å². The van der Waals surface area contributed by atoms with E-state index in [-0.39, 0.29) is 23.3 Å². The minimum absolute atomic E-state index is 0. The molecule has 8 heteroatoms. The molecule has 2 aromatic rings. The lowest BCUT2D eigenvalue weighted by Crippen LogP contribution is -2.33. The number of sulfonamides is 1. The number of rotatable bonds is 3. The van der Waals surface area contributed by atoms with Crippen molar-refractivity contribution < 1.29 is 8.42 Å². The Morgan fingerprint density at radius 2 is 1.88 bits per heavy atom. The van der Waals surface area contributed by atoms with Crippen molar-refractivity contribution >= 4 is 22.4 Å². The first-order valence-electron chi connectivity index (χ1n) is 7.91. The molecule has 1 saturated heterocycles. The minimum Gasteiger partial charge on any atom is -0.327 e. The van der Waals surface area contributed by atoms with Gasteiger partial charge in [-0.2, -0.15) is 9.40 Å². The van der Waals surface area contributed by atoms with Gasteiger partial charge in [0, 0.05) is 19.1 Å². The zero-order chi connectivity index (χ0) is 16.0. The number of aromatic nitrogens is 2. The summed E-state index contributed by atoms with van der Waals surface area (Å²) in [6.07, 6.45) is 5.05. The smallest absolute Gasteiger partial charge is 0.246 e. The molecule has 3 unspecified atom stereocenters. The van der Waals surface area contributed by atoms with Crippen molar-refractivity contribution in [3.63, 3.8) is 0 Å². The molecule has 0 amide bonds. The normalized spacial score (nSPS) is 27.0. The third-order valence-electron chi connectivity index (χ3n) is 5.10. The van der Waals surface area contributed by atoms with E-state index in [4.69, 9.17) is 5.73 Å². The number of benzene rings is 1. The molecule has 1 aliphatic carbocycles. The first-order valence-corrected chi connectivity index (χ1v) is 9.35. The number of para-hydroxylation sites is 1. The van der Waals surface area contributed by atoms with Crippen LogP contribution in [0, 0.1) is 11.8 Å². The Kier molecular flexibility index (Phi) is 4.70. The van der Waals surface area contributed by atoms with Crippen LogP contribution in [0.1, 0.15) is 12.8 Å². The fraction of sp³-hybridized carbons (Fsp3) is 0.438. The molecule has 0 bridgehead atoms. The predicted molar refractivity (Wildman–Crippen MR) is 93.8 cm³/mol. The van der Waals surface area contributed by atoms with Gasteiger partial charge in [0.05, 0.1) is 18.1 Å². The molecule has 1 aromatic carbocycles. The lowest BCUT2D eigenvalue weighted by atomic mass is 9.98. The zero-order valence-corrected chi connectivity index (χ0v) is 14.8. The van der Waals surface area contributed by atoms with Crippen LogP contribution in [0.25, 0.3) is 5.69 Å². The summed E-state index contributed by atoms with van der Waals surface area (Å²) in [6, 6.07) is 9.62. The number of fused-ring (bicyclic) bond motifs is 1. The van der Waals surface area contributed by atoms with Gasteiger partial charge in [0.25, 0.3) is 0 Å². The summed E-state index contributed by atoms with van der Waals surface area (Å²) in [6.45, 7) is 1.11. The summed E-state index contributed by atoms with van der Waals surface area (Å²) in [5.74, 6) is 0.706. The largest absolute Gasteiger partial charge is 0.327 e. The molecule has 1 aromatic heterocycles. The summed E-state index contributed by atoms with van der Waals surface area (Å²) >= 11 is 0. The van der Waals surface area contributed by atoms with Crippen LogP contribution in [0.5, 0.6) is 0 Å². The summed E-state index contributed by atoms with van der Waals surface area (Å²) < 4.78 is 28.9. The third kappa shape index (κ3) is 2.86. The monoisotopic (exact) mass is 368 g/mol. The van der Waals surface area contributed by atoms with Crippen LogP contribution in [0.15, 0.2) is 47.6 Å². The fourth-order valence-electron chi connectivity index (χ4n) is 3.77.